The average Bonchev–Trinajstić information content (AvgIpc) is 3.42. The second kappa shape index (κ2) is 10.1. The SMILES string of the molecule is c1ccc(N(c2ccccc2)c2cccc(-c3cccc4c3c3ccc5ccccc5c3n4-c3ccccc3)c2)cc1. The maximum Gasteiger partial charge on any atom is 0.0619 e. The summed E-state index contributed by atoms with van der Waals surface area (Å²) in [7, 11) is 0. The summed E-state index contributed by atoms with van der Waals surface area (Å²) < 4.78 is 2.43. The van der Waals surface area contributed by atoms with E-state index in [1.165, 1.54) is 49.4 Å². The maximum absolute atomic E-state index is 2.43. The lowest BCUT2D eigenvalue weighted by Gasteiger charge is -2.26. The molecule has 8 rings (SSSR count). The van der Waals surface area contributed by atoms with Crippen LogP contribution >= 0.6 is 0 Å². The molecule has 198 valence electrons. The molecule has 0 saturated heterocycles. The minimum Gasteiger partial charge on any atom is -0.310 e. The lowest BCUT2D eigenvalue weighted by molar-refractivity contribution is 1.19. The molecule has 2 heteroatoms. The van der Waals surface area contributed by atoms with Crippen molar-refractivity contribution in [3.63, 3.8) is 0 Å². The summed E-state index contributed by atoms with van der Waals surface area (Å²) in [5.74, 6) is 0. The normalized spacial score (nSPS) is 11.3. The third-order valence-corrected chi connectivity index (χ3v) is 8.14. The van der Waals surface area contributed by atoms with E-state index in [4.69, 9.17) is 0 Å². The van der Waals surface area contributed by atoms with Gasteiger partial charge >= 0.3 is 0 Å². The maximum atomic E-state index is 2.43. The average molecular weight is 537 g/mol. The Morgan fingerprint density at radius 1 is 0.429 bits per heavy atom. The molecule has 0 bridgehead atoms. The molecule has 0 spiro atoms. The van der Waals surface area contributed by atoms with E-state index in [1.807, 2.05) is 0 Å². The monoisotopic (exact) mass is 536 g/mol. The number of hydrogen-bond donors (Lipinski definition) is 0. The third-order valence-electron chi connectivity index (χ3n) is 8.14. The number of nitrogens with zero attached hydrogens (tertiary/aromatic N) is 2. The summed E-state index contributed by atoms with van der Waals surface area (Å²) in [5, 5.41) is 5.03. The summed E-state index contributed by atoms with van der Waals surface area (Å²) in [6.45, 7) is 0. The fraction of sp³-hybridized carbons (Fsp3) is 0. The molecule has 0 amide bonds. The van der Waals surface area contributed by atoms with E-state index in [1.54, 1.807) is 0 Å². The molecule has 7 aromatic carbocycles. The molecule has 0 aliphatic carbocycles. The van der Waals surface area contributed by atoms with Crippen molar-refractivity contribution in [1.29, 1.82) is 0 Å². The van der Waals surface area contributed by atoms with Crippen molar-refractivity contribution in [2.45, 2.75) is 0 Å². The molecule has 0 aliphatic rings. The molecule has 0 fully saturated rings. The third kappa shape index (κ3) is 3.96. The van der Waals surface area contributed by atoms with Gasteiger partial charge in [0.05, 0.1) is 11.0 Å². The van der Waals surface area contributed by atoms with Crippen LogP contribution in [-0.2, 0) is 0 Å². The van der Waals surface area contributed by atoms with E-state index >= 15 is 0 Å². The lowest BCUT2D eigenvalue weighted by Crippen LogP contribution is -2.09. The van der Waals surface area contributed by atoms with Crippen LogP contribution in [0, 0.1) is 0 Å². The van der Waals surface area contributed by atoms with Crippen LogP contribution in [0.2, 0.25) is 0 Å². The highest BCUT2D eigenvalue weighted by Gasteiger charge is 2.19. The van der Waals surface area contributed by atoms with Crippen molar-refractivity contribution < 1.29 is 0 Å². The largest absolute Gasteiger partial charge is 0.310 e. The van der Waals surface area contributed by atoms with Gasteiger partial charge in [-0.2, -0.15) is 0 Å². The first-order valence-electron chi connectivity index (χ1n) is 14.4. The Kier molecular flexibility index (Phi) is 5.82. The predicted octanol–water partition coefficient (Wildman–Crippen LogP) is 11.1. The summed E-state index contributed by atoms with van der Waals surface area (Å²) in [4.78, 5) is 2.32. The highest BCUT2D eigenvalue weighted by molar-refractivity contribution is 6.22. The van der Waals surface area contributed by atoms with Crippen LogP contribution < -0.4 is 4.90 Å². The van der Waals surface area contributed by atoms with Crippen LogP contribution in [-0.4, -0.2) is 4.57 Å². The van der Waals surface area contributed by atoms with Gasteiger partial charge in [-0.05, 0) is 71.1 Å². The molecule has 1 aromatic heterocycles. The summed E-state index contributed by atoms with van der Waals surface area (Å²) in [5.41, 5.74) is 9.42. The van der Waals surface area contributed by atoms with E-state index in [0.717, 1.165) is 17.1 Å². The summed E-state index contributed by atoms with van der Waals surface area (Å²) in [6.07, 6.45) is 0. The zero-order valence-corrected chi connectivity index (χ0v) is 23.1. The van der Waals surface area contributed by atoms with Crippen LogP contribution in [0.5, 0.6) is 0 Å². The summed E-state index contributed by atoms with van der Waals surface area (Å²) in [6, 6.07) is 60.8. The Labute approximate surface area is 245 Å². The van der Waals surface area contributed by atoms with E-state index < -0.39 is 0 Å². The second-order valence-corrected chi connectivity index (χ2v) is 10.6. The molecule has 0 saturated carbocycles. The van der Waals surface area contributed by atoms with Crippen LogP contribution in [0.4, 0.5) is 17.1 Å². The number of aromatic nitrogens is 1. The standard InChI is InChI=1S/C40H28N2/c1-4-16-31(17-5-1)41(32-18-6-2-7-19-32)34-22-12-15-30(28-34)35-24-13-25-38-39(35)37-27-26-29-14-10-11-23-36(29)40(37)42(38)33-20-8-3-9-21-33/h1-28H. The zero-order chi connectivity index (χ0) is 27.9. The first kappa shape index (κ1) is 24.2. The fourth-order valence-electron chi connectivity index (χ4n) is 6.33. The number of anilines is 3. The van der Waals surface area contributed by atoms with Gasteiger partial charge in [-0.3, -0.25) is 0 Å². The minimum absolute atomic E-state index is 1.12. The van der Waals surface area contributed by atoms with Gasteiger partial charge in [-0.15, -0.1) is 0 Å². The molecule has 0 radical (unpaired) electrons. The van der Waals surface area contributed by atoms with Gasteiger partial charge in [0.1, 0.15) is 0 Å². The number of rotatable bonds is 5. The van der Waals surface area contributed by atoms with Crippen molar-refractivity contribution in [3.8, 4) is 16.8 Å². The van der Waals surface area contributed by atoms with Gasteiger partial charge in [-0.1, -0.05) is 115 Å². The van der Waals surface area contributed by atoms with Gasteiger partial charge in [0.2, 0.25) is 0 Å². The van der Waals surface area contributed by atoms with Crippen LogP contribution in [0.3, 0.4) is 0 Å². The Morgan fingerprint density at radius 3 is 1.79 bits per heavy atom. The number of fused-ring (bicyclic) bond motifs is 5. The minimum atomic E-state index is 1.12. The molecule has 1 heterocycles. The van der Waals surface area contributed by atoms with Gasteiger partial charge in [-0.25, -0.2) is 0 Å². The Balaban J connectivity index is 1.40. The fourth-order valence-corrected chi connectivity index (χ4v) is 6.33. The Hall–Kier alpha value is -5.60. The van der Waals surface area contributed by atoms with Crippen LogP contribution in [0.25, 0.3) is 49.4 Å². The second-order valence-electron chi connectivity index (χ2n) is 10.6. The molecule has 8 aromatic rings. The first-order valence-corrected chi connectivity index (χ1v) is 14.4. The van der Waals surface area contributed by atoms with E-state index in [9.17, 15) is 0 Å². The number of para-hydroxylation sites is 3. The van der Waals surface area contributed by atoms with Crippen LogP contribution in [0.1, 0.15) is 0 Å². The summed E-state index contributed by atoms with van der Waals surface area (Å²) >= 11 is 0. The van der Waals surface area contributed by atoms with Gasteiger partial charge in [0.25, 0.3) is 0 Å². The molecule has 42 heavy (non-hydrogen) atoms. The Bertz CT molecular complexity index is 2140. The topological polar surface area (TPSA) is 8.17 Å². The number of benzene rings is 7. The van der Waals surface area contributed by atoms with Crippen LogP contribution in [0.15, 0.2) is 170 Å². The van der Waals surface area contributed by atoms with Gasteiger partial charge in [0, 0.05) is 38.9 Å². The van der Waals surface area contributed by atoms with Gasteiger partial charge in [0.15, 0.2) is 0 Å². The highest BCUT2D eigenvalue weighted by atomic mass is 15.1. The van der Waals surface area contributed by atoms with Gasteiger partial charge < -0.3 is 9.47 Å². The molecule has 0 N–H and O–H groups in total. The quantitative estimate of drug-likeness (QED) is 0.212. The predicted molar refractivity (Wildman–Crippen MR) is 178 cm³/mol. The van der Waals surface area contributed by atoms with Crippen molar-refractivity contribution in [3.05, 3.63) is 170 Å². The Morgan fingerprint density at radius 2 is 1.05 bits per heavy atom. The van der Waals surface area contributed by atoms with Crippen molar-refractivity contribution in [2.24, 2.45) is 0 Å². The highest BCUT2D eigenvalue weighted by Crippen LogP contribution is 2.43. The van der Waals surface area contributed by atoms with Crippen molar-refractivity contribution >= 4 is 49.6 Å². The molecule has 0 atom stereocenters. The number of hydrogen-bond acceptors (Lipinski definition) is 1. The van der Waals surface area contributed by atoms with Crippen molar-refractivity contribution in [2.75, 3.05) is 4.90 Å². The first-order chi connectivity index (χ1) is 20.9. The van der Waals surface area contributed by atoms with E-state index in [-0.39, 0.29) is 0 Å². The van der Waals surface area contributed by atoms with Crippen molar-refractivity contribution in [1.82, 2.24) is 4.57 Å². The molecular formula is C40H28N2. The smallest absolute Gasteiger partial charge is 0.0619 e. The molecule has 0 unspecified atom stereocenters. The van der Waals surface area contributed by atoms with E-state index in [0.29, 0.717) is 0 Å². The molecule has 2 nitrogen and oxygen atoms in total. The molecular weight excluding hydrogens is 508 g/mol. The lowest BCUT2D eigenvalue weighted by atomic mass is 9.97. The zero-order valence-electron chi connectivity index (χ0n) is 23.1. The van der Waals surface area contributed by atoms with E-state index in [2.05, 4.69) is 179 Å². The molecule has 0 aliphatic heterocycles.